The fraction of sp³-hybridized carbons (Fsp3) is 0.125. The summed E-state index contributed by atoms with van der Waals surface area (Å²) in [5.41, 5.74) is 5.57. The molecule has 2 rings (SSSR count). The van der Waals surface area contributed by atoms with Gasteiger partial charge < -0.3 is 15.4 Å². The summed E-state index contributed by atoms with van der Waals surface area (Å²) in [6, 6.07) is 5.03. The Labute approximate surface area is 73.9 Å². The van der Waals surface area contributed by atoms with Crippen molar-refractivity contribution in [2.45, 2.75) is 6.61 Å². The molecule has 0 atom stereocenters. The number of hydrogen-bond donors (Lipinski definition) is 1. The lowest BCUT2D eigenvalue weighted by molar-refractivity contribution is -0.194. The molecule has 1 aliphatic heterocycles. The van der Waals surface area contributed by atoms with Crippen molar-refractivity contribution >= 4 is 6.09 Å². The highest BCUT2D eigenvalue weighted by atomic mass is 17.2. The molecule has 0 radical (unpaired) electrons. The summed E-state index contributed by atoms with van der Waals surface area (Å²) in [4.78, 5) is 20.0. The first-order valence-electron chi connectivity index (χ1n) is 3.66. The molecule has 0 aromatic heterocycles. The minimum absolute atomic E-state index is 0.263. The van der Waals surface area contributed by atoms with Gasteiger partial charge in [0.1, 0.15) is 12.4 Å². The molecule has 1 aliphatic rings. The lowest BCUT2D eigenvalue weighted by Crippen LogP contribution is -2.16. The van der Waals surface area contributed by atoms with E-state index < -0.39 is 6.09 Å². The van der Waals surface area contributed by atoms with E-state index in [1.165, 1.54) is 0 Å². The predicted octanol–water partition coefficient (Wildman–Crippen LogP) is 0.968. The van der Waals surface area contributed by atoms with Gasteiger partial charge in [-0.25, -0.2) is 4.79 Å². The van der Waals surface area contributed by atoms with Crippen molar-refractivity contribution in [1.29, 1.82) is 0 Å². The zero-order valence-electron chi connectivity index (χ0n) is 6.65. The van der Waals surface area contributed by atoms with Crippen molar-refractivity contribution in [3.63, 3.8) is 0 Å². The lowest BCUT2D eigenvalue weighted by Gasteiger charge is -2.02. The van der Waals surface area contributed by atoms with Gasteiger partial charge in [0.05, 0.1) is 5.56 Å². The van der Waals surface area contributed by atoms with Crippen LogP contribution in [0.2, 0.25) is 0 Å². The number of ether oxygens (including phenoxy) is 1. The highest BCUT2D eigenvalue weighted by Crippen LogP contribution is 2.33. The molecule has 1 amide bonds. The van der Waals surface area contributed by atoms with Crippen LogP contribution in [-0.2, 0) is 11.5 Å². The van der Waals surface area contributed by atoms with Gasteiger partial charge in [0.15, 0.2) is 5.75 Å². The minimum Gasteiger partial charge on any atom is -0.410 e. The maximum Gasteiger partial charge on any atom is 0.409 e. The van der Waals surface area contributed by atoms with Crippen LogP contribution in [0.3, 0.4) is 0 Å². The van der Waals surface area contributed by atoms with Crippen molar-refractivity contribution in [2.75, 3.05) is 0 Å². The topological polar surface area (TPSA) is 70.8 Å². The summed E-state index contributed by atoms with van der Waals surface area (Å²) >= 11 is 0. The van der Waals surface area contributed by atoms with Crippen LogP contribution in [0.1, 0.15) is 5.56 Å². The van der Waals surface area contributed by atoms with Crippen molar-refractivity contribution in [3.8, 4) is 11.5 Å². The lowest BCUT2D eigenvalue weighted by atomic mass is 10.2. The van der Waals surface area contributed by atoms with Crippen LogP contribution in [-0.4, -0.2) is 6.09 Å². The summed E-state index contributed by atoms with van der Waals surface area (Å²) < 4.78 is 4.74. The molecular formula is C8H7NO4. The third kappa shape index (κ3) is 1.41. The Hall–Kier alpha value is -1.75. The standard InChI is InChI=1S/C8H7NO4/c9-8(10)12-6-2-1-3-7-5(6)4-11-13-7/h1-3H,4H2,(H2,9,10). The minimum atomic E-state index is -0.847. The van der Waals surface area contributed by atoms with E-state index in [1.54, 1.807) is 18.2 Å². The number of nitrogens with two attached hydrogens (primary N) is 1. The second-order valence-corrected chi connectivity index (χ2v) is 2.50. The first-order chi connectivity index (χ1) is 6.27. The van der Waals surface area contributed by atoms with E-state index in [2.05, 4.69) is 0 Å². The van der Waals surface area contributed by atoms with Gasteiger partial charge in [0, 0.05) is 0 Å². The molecule has 1 heterocycles. The SMILES string of the molecule is NC(=O)Oc1cccc2c1COO2. The summed E-state index contributed by atoms with van der Waals surface area (Å²) in [5.74, 6) is 0.932. The molecular weight excluding hydrogens is 174 g/mol. The second-order valence-electron chi connectivity index (χ2n) is 2.50. The van der Waals surface area contributed by atoms with Crippen molar-refractivity contribution in [2.24, 2.45) is 5.73 Å². The molecule has 5 heteroatoms. The van der Waals surface area contributed by atoms with Crippen LogP contribution in [0.15, 0.2) is 18.2 Å². The Balaban J connectivity index is 2.36. The van der Waals surface area contributed by atoms with E-state index >= 15 is 0 Å². The van der Waals surface area contributed by atoms with Crippen molar-refractivity contribution in [3.05, 3.63) is 23.8 Å². The average molecular weight is 181 g/mol. The van der Waals surface area contributed by atoms with E-state index in [-0.39, 0.29) is 6.61 Å². The first kappa shape index (κ1) is 7.88. The summed E-state index contributed by atoms with van der Waals surface area (Å²) in [7, 11) is 0. The van der Waals surface area contributed by atoms with Crippen molar-refractivity contribution < 1.29 is 19.3 Å². The van der Waals surface area contributed by atoms with Gasteiger partial charge in [-0.3, -0.25) is 0 Å². The molecule has 68 valence electrons. The molecule has 1 aromatic rings. The summed E-state index contributed by atoms with van der Waals surface area (Å²) in [6.45, 7) is 0.263. The van der Waals surface area contributed by atoms with Gasteiger partial charge in [-0.1, -0.05) is 6.07 Å². The van der Waals surface area contributed by atoms with Crippen LogP contribution < -0.4 is 15.4 Å². The van der Waals surface area contributed by atoms with Gasteiger partial charge in [-0.2, -0.15) is 4.89 Å². The van der Waals surface area contributed by atoms with E-state index in [1.807, 2.05) is 0 Å². The molecule has 0 unspecified atom stereocenters. The van der Waals surface area contributed by atoms with Crippen molar-refractivity contribution in [1.82, 2.24) is 0 Å². The smallest absolute Gasteiger partial charge is 0.409 e. The highest BCUT2D eigenvalue weighted by molar-refractivity contribution is 5.69. The molecule has 13 heavy (non-hydrogen) atoms. The summed E-state index contributed by atoms with van der Waals surface area (Å²) in [6.07, 6.45) is -0.847. The summed E-state index contributed by atoms with van der Waals surface area (Å²) in [5, 5.41) is 0. The van der Waals surface area contributed by atoms with Crippen LogP contribution in [0.25, 0.3) is 0 Å². The predicted molar refractivity (Wildman–Crippen MR) is 42.1 cm³/mol. The fourth-order valence-electron chi connectivity index (χ4n) is 1.12. The maximum atomic E-state index is 10.5. The van der Waals surface area contributed by atoms with E-state index in [0.29, 0.717) is 17.1 Å². The zero-order chi connectivity index (χ0) is 9.26. The highest BCUT2D eigenvalue weighted by Gasteiger charge is 2.19. The van der Waals surface area contributed by atoms with Crippen LogP contribution in [0.5, 0.6) is 11.5 Å². The first-order valence-corrected chi connectivity index (χ1v) is 3.66. The van der Waals surface area contributed by atoms with Gasteiger partial charge >= 0.3 is 6.09 Å². The number of primary amides is 1. The number of carbonyl (C=O) groups is 1. The number of rotatable bonds is 1. The quantitative estimate of drug-likeness (QED) is 0.655. The Bertz CT molecular complexity index is 350. The average Bonchev–Trinajstić information content (AvgIpc) is 2.51. The molecule has 2 N–H and O–H groups in total. The Morgan fingerprint density at radius 3 is 3.15 bits per heavy atom. The van der Waals surface area contributed by atoms with E-state index in [9.17, 15) is 4.79 Å². The van der Waals surface area contributed by atoms with Gasteiger partial charge in [0.2, 0.25) is 0 Å². The number of hydrogen-bond acceptors (Lipinski definition) is 4. The molecule has 5 nitrogen and oxygen atoms in total. The monoisotopic (exact) mass is 181 g/mol. The van der Waals surface area contributed by atoms with Gasteiger partial charge in [-0.15, -0.1) is 0 Å². The largest absolute Gasteiger partial charge is 0.410 e. The number of amides is 1. The Kier molecular flexibility index (Phi) is 1.79. The third-order valence-corrected chi connectivity index (χ3v) is 1.65. The normalized spacial score (nSPS) is 13.2. The molecule has 0 bridgehead atoms. The van der Waals surface area contributed by atoms with E-state index in [0.717, 1.165) is 0 Å². The molecule has 0 aliphatic carbocycles. The van der Waals surface area contributed by atoms with Crippen LogP contribution >= 0.6 is 0 Å². The molecule has 0 spiro atoms. The maximum absolute atomic E-state index is 10.5. The van der Waals surface area contributed by atoms with Crippen LogP contribution in [0, 0.1) is 0 Å². The number of fused-ring (bicyclic) bond motifs is 1. The zero-order valence-corrected chi connectivity index (χ0v) is 6.65. The third-order valence-electron chi connectivity index (χ3n) is 1.65. The fourth-order valence-corrected chi connectivity index (χ4v) is 1.12. The van der Waals surface area contributed by atoms with Gasteiger partial charge in [0.25, 0.3) is 0 Å². The Morgan fingerprint density at radius 2 is 2.38 bits per heavy atom. The molecule has 0 saturated heterocycles. The van der Waals surface area contributed by atoms with E-state index in [4.69, 9.17) is 20.2 Å². The molecule has 0 saturated carbocycles. The number of benzene rings is 1. The van der Waals surface area contributed by atoms with Gasteiger partial charge in [-0.05, 0) is 12.1 Å². The van der Waals surface area contributed by atoms with Crippen LogP contribution in [0.4, 0.5) is 4.79 Å². The second kappa shape index (κ2) is 2.95. The molecule has 0 fully saturated rings. The number of carbonyl (C=O) groups excluding carboxylic acids is 1. The molecule has 1 aromatic carbocycles. The Morgan fingerprint density at radius 1 is 1.54 bits per heavy atom.